The van der Waals surface area contributed by atoms with Gasteiger partial charge in [-0.2, -0.15) is 0 Å². The molecule has 22 heavy (non-hydrogen) atoms. The second-order valence-corrected chi connectivity index (χ2v) is 5.72. The number of carbonyl (C=O) groups excluding carboxylic acids is 1. The number of rotatable bonds is 4. The van der Waals surface area contributed by atoms with Crippen LogP contribution in [0.15, 0.2) is 36.7 Å². The van der Waals surface area contributed by atoms with E-state index in [1.807, 2.05) is 31.2 Å². The molecule has 1 unspecified atom stereocenters. The number of fused-ring (bicyclic) bond motifs is 1. The van der Waals surface area contributed by atoms with Gasteiger partial charge in [0.1, 0.15) is 11.9 Å². The molecule has 4 nitrogen and oxygen atoms in total. The van der Waals surface area contributed by atoms with Crippen molar-refractivity contribution in [1.82, 2.24) is 10.3 Å². The minimum Gasteiger partial charge on any atom is -0.487 e. The summed E-state index contributed by atoms with van der Waals surface area (Å²) in [6.45, 7) is 2.34. The first-order valence-electron chi connectivity index (χ1n) is 7.33. The number of carbonyl (C=O) groups is 1. The molecular formula is C17H17ClN2O2. The highest BCUT2D eigenvalue weighted by atomic mass is 35.5. The summed E-state index contributed by atoms with van der Waals surface area (Å²) in [5, 5.41) is 3.56. The molecule has 0 radical (unpaired) electrons. The van der Waals surface area contributed by atoms with Gasteiger partial charge < -0.3 is 10.1 Å². The van der Waals surface area contributed by atoms with E-state index in [9.17, 15) is 4.79 Å². The van der Waals surface area contributed by atoms with Crippen molar-refractivity contribution in [1.29, 1.82) is 0 Å². The number of nitrogens with zero attached hydrogens (tertiary/aromatic N) is 1. The van der Waals surface area contributed by atoms with E-state index in [4.69, 9.17) is 16.3 Å². The van der Waals surface area contributed by atoms with E-state index in [1.54, 1.807) is 12.4 Å². The summed E-state index contributed by atoms with van der Waals surface area (Å²) in [5.74, 6) is 0.887. The van der Waals surface area contributed by atoms with Crippen molar-refractivity contribution in [2.45, 2.75) is 25.9 Å². The summed E-state index contributed by atoms with van der Waals surface area (Å²) in [5.41, 5.74) is 3.07. The maximum atomic E-state index is 11.4. The van der Waals surface area contributed by atoms with Crippen molar-refractivity contribution in [2.24, 2.45) is 0 Å². The molecule has 0 saturated heterocycles. The molecule has 114 valence electrons. The van der Waals surface area contributed by atoms with Gasteiger partial charge in [-0.1, -0.05) is 18.5 Å². The average molecular weight is 317 g/mol. The number of hydrogen-bond donors (Lipinski definition) is 1. The Morgan fingerprint density at radius 2 is 2.18 bits per heavy atom. The van der Waals surface area contributed by atoms with Crippen LogP contribution in [0.5, 0.6) is 5.75 Å². The fourth-order valence-electron chi connectivity index (χ4n) is 2.61. The lowest BCUT2D eigenvalue weighted by molar-refractivity contribution is -0.121. The van der Waals surface area contributed by atoms with Crippen LogP contribution < -0.4 is 10.1 Å². The Morgan fingerprint density at radius 3 is 2.91 bits per heavy atom. The molecule has 1 aromatic carbocycles. The number of benzene rings is 1. The second kappa shape index (κ2) is 6.36. The third-order valence-corrected chi connectivity index (χ3v) is 3.92. The summed E-state index contributed by atoms with van der Waals surface area (Å²) in [6, 6.07) is 7.70. The molecule has 3 rings (SSSR count). The smallest absolute Gasteiger partial charge is 0.219 e. The van der Waals surface area contributed by atoms with Gasteiger partial charge in [0.2, 0.25) is 5.91 Å². The minimum absolute atomic E-state index is 0.0342. The van der Waals surface area contributed by atoms with Gasteiger partial charge in [-0.3, -0.25) is 9.78 Å². The molecule has 0 saturated carbocycles. The molecule has 1 aliphatic heterocycles. The Morgan fingerprint density at radius 1 is 1.41 bits per heavy atom. The van der Waals surface area contributed by atoms with Gasteiger partial charge in [-0.05, 0) is 29.8 Å². The van der Waals surface area contributed by atoms with Gasteiger partial charge in [-0.25, -0.2) is 0 Å². The largest absolute Gasteiger partial charge is 0.487 e. The maximum absolute atomic E-state index is 11.4. The molecule has 1 aliphatic rings. The first kappa shape index (κ1) is 14.9. The summed E-state index contributed by atoms with van der Waals surface area (Å²) < 4.78 is 6.05. The van der Waals surface area contributed by atoms with E-state index < -0.39 is 0 Å². The number of amides is 1. The predicted molar refractivity (Wildman–Crippen MR) is 86.1 cm³/mol. The Bertz CT molecular complexity index is 689. The van der Waals surface area contributed by atoms with E-state index in [0.29, 0.717) is 18.0 Å². The third kappa shape index (κ3) is 3.07. The summed E-state index contributed by atoms with van der Waals surface area (Å²) in [6.07, 6.45) is 4.67. The molecule has 0 fully saturated rings. The van der Waals surface area contributed by atoms with Crippen molar-refractivity contribution in [3.8, 4) is 16.9 Å². The van der Waals surface area contributed by atoms with Crippen LogP contribution in [-0.2, 0) is 11.2 Å². The van der Waals surface area contributed by atoms with Crippen LogP contribution >= 0.6 is 11.6 Å². The number of ether oxygens (including phenoxy) is 1. The van der Waals surface area contributed by atoms with E-state index in [0.717, 1.165) is 28.9 Å². The fraction of sp³-hybridized carbons (Fsp3) is 0.294. The zero-order chi connectivity index (χ0) is 15.5. The van der Waals surface area contributed by atoms with Gasteiger partial charge in [0.15, 0.2) is 0 Å². The molecular weight excluding hydrogens is 300 g/mol. The number of halogens is 1. The maximum Gasteiger partial charge on any atom is 0.219 e. The second-order valence-electron chi connectivity index (χ2n) is 5.28. The van der Waals surface area contributed by atoms with E-state index in [2.05, 4.69) is 10.3 Å². The van der Waals surface area contributed by atoms with Crippen molar-refractivity contribution >= 4 is 17.5 Å². The molecule has 5 heteroatoms. The first-order valence-corrected chi connectivity index (χ1v) is 7.71. The van der Waals surface area contributed by atoms with Crippen molar-refractivity contribution < 1.29 is 9.53 Å². The standard InChI is InChI=1S/C17H17ClN2O2/c1-2-16(21)20-10-14-8-12-7-13(18)9-15(17(12)22-14)11-3-5-19-6-4-11/h3-7,9,14H,2,8,10H2,1H3,(H,20,21). The lowest BCUT2D eigenvalue weighted by Crippen LogP contribution is -2.33. The Kier molecular flexibility index (Phi) is 4.29. The fourth-order valence-corrected chi connectivity index (χ4v) is 2.85. The van der Waals surface area contributed by atoms with Gasteiger partial charge in [0.25, 0.3) is 0 Å². The first-order chi connectivity index (χ1) is 10.7. The molecule has 0 aliphatic carbocycles. The van der Waals surface area contributed by atoms with Gasteiger partial charge in [0.05, 0.1) is 6.54 Å². The highest BCUT2D eigenvalue weighted by molar-refractivity contribution is 6.31. The zero-order valence-corrected chi connectivity index (χ0v) is 13.1. The lowest BCUT2D eigenvalue weighted by Gasteiger charge is -2.13. The topological polar surface area (TPSA) is 51.2 Å². The van der Waals surface area contributed by atoms with Crippen LogP contribution in [0.25, 0.3) is 11.1 Å². The van der Waals surface area contributed by atoms with Crippen LogP contribution in [-0.4, -0.2) is 23.5 Å². The average Bonchev–Trinajstić information content (AvgIpc) is 2.95. The zero-order valence-electron chi connectivity index (χ0n) is 12.3. The lowest BCUT2D eigenvalue weighted by atomic mass is 10.0. The van der Waals surface area contributed by atoms with Gasteiger partial charge in [-0.15, -0.1) is 0 Å². The highest BCUT2D eigenvalue weighted by Crippen LogP contribution is 2.40. The number of nitrogens with one attached hydrogen (secondary N) is 1. The molecule has 1 atom stereocenters. The van der Waals surface area contributed by atoms with Gasteiger partial charge in [0, 0.05) is 41.4 Å². The number of hydrogen-bond acceptors (Lipinski definition) is 3. The highest BCUT2D eigenvalue weighted by Gasteiger charge is 2.26. The summed E-state index contributed by atoms with van der Waals surface area (Å²) >= 11 is 6.24. The van der Waals surface area contributed by atoms with Gasteiger partial charge >= 0.3 is 0 Å². The van der Waals surface area contributed by atoms with Crippen LogP contribution in [0.2, 0.25) is 5.02 Å². The predicted octanol–water partition coefficient (Wildman–Crippen LogP) is 3.23. The summed E-state index contributed by atoms with van der Waals surface area (Å²) in [7, 11) is 0. The molecule has 0 bridgehead atoms. The number of aromatic nitrogens is 1. The molecule has 2 aromatic rings. The molecule has 1 aromatic heterocycles. The van der Waals surface area contributed by atoms with Crippen LogP contribution in [0, 0.1) is 0 Å². The number of pyridine rings is 1. The van der Waals surface area contributed by atoms with Crippen molar-refractivity contribution in [2.75, 3.05) is 6.54 Å². The van der Waals surface area contributed by atoms with E-state index >= 15 is 0 Å². The normalized spacial score (nSPS) is 16.0. The minimum atomic E-state index is -0.0513. The molecule has 2 heterocycles. The quantitative estimate of drug-likeness (QED) is 0.942. The van der Waals surface area contributed by atoms with Crippen LogP contribution in [0.1, 0.15) is 18.9 Å². The van der Waals surface area contributed by atoms with Crippen LogP contribution in [0.4, 0.5) is 0 Å². The monoisotopic (exact) mass is 316 g/mol. The van der Waals surface area contributed by atoms with Crippen LogP contribution in [0.3, 0.4) is 0 Å². The van der Waals surface area contributed by atoms with E-state index in [-0.39, 0.29) is 12.0 Å². The van der Waals surface area contributed by atoms with Crippen molar-refractivity contribution in [3.05, 3.63) is 47.2 Å². The molecule has 1 amide bonds. The van der Waals surface area contributed by atoms with E-state index in [1.165, 1.54) is 0 Å². The molecule has 0 spiro atoms. The Labute approximate surface area is 134 Å². The Balaban J connectivity index is 1.85. The molecule has 1 N–H and O–H groups in total. The summed E-state index contributed by atoms with van der Waals surface area (Å²) in [4.78, 5) is 15.4. The SMILES string of the molecule is CCC(=O)NCC1Cc2cc(Cl)cc(-c3ccncc3)c2O1. The van der Waals surface area contributed by atoms with Crippen molar-refractivity contribution in [3.63, 3.8) is 0 Å². The Hall–Kier alpha value is -2.07. The third-order valence-electron chi connectivity index (χ3n) is 3.70.